The maximum atomic E-state index is 9.16. The van der Waals surface area contributed by atoms with Crippen molar-refractivity contribution in [2.75, 3.05) is 18.4 Å². The van der Waals surface area contributed by atoms with Crippen LogP contribution in [-0.4, -0.2) is 24.2 Å². The summed E-state index contributed by atoms with van der Waals surface area (Å²) in [5.41, 5.74) is 0.988. The second-order valence-electron chi connectivity index (χ2n) is 3.05. The maximum absolute atomic E-state index is 9.16. The molecule has 0 saturated carbocycles. The molecular weight excluding hydrogens is 152 g/mol. The topological polar surface area (TPSA) is 44.3 Å². The van der Waals surface area contributed by atoms with Crippen molar-refractivity contribution in [2.24, 2.45) is 0 Å². The van der Waals surface area contributed by atoms with Gasteiger partial charge in [0.05, 0.1) is 6.04 Å². The molecule has 1 fully saturated rings. The number of nitrogens with one attached hydrogen (secondary N) is 2. The van der Waals surface area contributed by atoms with Crippen LogP contribution in [0, 0.1) is 0 Å². The lowest BCUT2D eigenvalue weighted by Gasteiger charge is -2.28. The fourth-order valence-electron chi connectivity index (χ4n) is 1.22. The second kappa shape index (κ2) is 3.03. The zero-order valence-electron chi connectivity index (χ0n) is 6.75. The van der Waals surface area contributed by atoms with Gasteiger partial charge in [-0.15, -0.1) is 0 Å². The summed E-state index contributed by atoms with van der Waals surface area (Å²) in [6.45, 7) is 2.02. The molecule has 0 spiro atoms. The average molecular weight is 164 g/mol. The van der Waals surface area contributed by atoms with Crippen molar-refractivity contribution in [3.63, 3.8) is 0 Å². The van der Waals surface area contributed by atoms with Crippen molar-refractivity contribution < 1.29 is 5.11 Å². The van der Waals surface area contributed by atoms with E-state index < -0.39 is 0 Å². The molecule has 3 N–H and O–H groups in total. The largest absolute Gasteiger partial charge is 0.508 e. The molecule has 1 aromatic carbocycles. The van der Waals surface area contributed by atoms with Crippen molar-refractivity contribution in [3.8, 4) is 5.75 Å². The molecule has 2 rings (SSSR count). The number of phenolic OH excluding ortho intramolecular Hbond substituents is 1. The summed E-state index contributed by atoms with van der Waals surface area (Å²) in [5.74, 6) is 0.312. The summed E-state index contributed by atoms with van der Waals surface area (Å²) in [4.78, 5) is 0. The Kier molecular flexibility index (Phi) is 1.87. The summed E-state index contributed by atoms with van der Waals surface area (Å²) in [7, 11) is 0. The van der Waals surface area contributed by atoms with Gasteiger partial charge in [0, 0.05) is 24.8 Å². The van der Waals surface area contributed by atoms with Gasteiger partial charge in [-0.1, -0.05) is 6.07 Å². The van der Waals surface area contributed by atoms with Crippen LogP contribution in [0.15, 0.2) is 24.3 Å². The summed E-state index contributed by atoms with van der Waals surface area (Å²) in [6, 6.07) is 7.72. The Balaban J connectivity index is 2.02. The first-order valence-corrected chi connectivity index (χ1v) is 4.11. The van der Waals surface area contributed by atoms with E-state index in [0.29, 0.717) is 11.8 Å². The third-order valence-corrected chi connectivity index (χ3v) is 2.00. The van der Waals surface area contributed by atoms with Gasteiger partial charge in [-0.05, 0) is 12.1 Å². The van der Waals surface area contributed by atoms with E-state index in [2.05, 4.69) is 10.6 Å². The number of phenols is 1. The van der Waals surface area contributed by atoms with E-state index in [-0.39, 0.29) is 0 Å². The number of aromatic hydroxyl groups is 1. The Bertz CT molecular complexity index is 271. The SMILES string of the molecule is Oc1cccc(NC2CNC2)c1. The minimum absolute atomic E-state index is 0.312. The van der Waals surface area contributed by atoms with Crippen LogP contribution < -0.4 is 10.6 Å². The molecule has 0 bridgehead atoms. The third kappa shape index (κ3) is 1.51. The fraction of sp³-hybridized carbons (Fsp3) is 0.333. The zero-order valence-corrected chi connectivity index (χ0v) is 6.75. The number of hydrogen-bond acceptors (Lipinski definition) is 3. The molecule has 1 heterocycles. The van der Waals surface area contributed by atoms with Crippen LogP contribution in [-0.2, 0) is 0 Å². The number of benzene rings is 1. The number of rotatable bonds is 2. The molecular formula is C9H12N2O. The molecule has 0 amide bonds. The van der Waals surface area contributed by atoms with E-state index in [4.69, 9.17) is 5.11 Å². The van der Waals surface area contributed by atoms with Gasteiger partial charge in [-0.3, -0.25) is 0 Å². The van der Waals surface area contributed by atoms with E-state index in [1.54, 1.807) is 12.1 Å². The average Bonchev–Trinajstić information content (AvgIpc) is 1.97. The lowest BCUT2D eigenvalue weighted by molar-refractivity contribution is 0.468. The van der Waals surface area contributed by atoms with Gasteiger partial charge < -0.3 is 15.7 Å². The van der Waals surface area contributed by atoms with E-state index >= 15 is 0 Å². The van der Waals surface area contributed by atoms with E-state index in [1.165, 1.54) is 0 Å². The zero-order chi connectivity index (χ0) is 8.39. The lowest BCUT2D eigenvalue weighted by Crippen LogP contribution is -2.51. The molecule has 1 aromatic rings. The van der Waals surface area contributed by atoms with Crippen molar-refractivity contribution >= 4 is 5.69 Å². The Morgan fingerprint density at radius 3 is 2.83 bits per heavy atom. The highest BCUT2D eigenvalue weighted by molar-refractivity contribution is 5.48. The molecule has 1 aliphatic heterocycles. The Morgan fingerprint density at radius 2 is 2.25 bits per heavy atom. The highest BCUT2D eigenvalue weighted by atomic mass is 16.3. The van der Waals surface area contributed by atoms with Crippen LogP contribution in [0.2, 0.25) is 0 Å². The Hall–Kier alpha value is -1.22. The molecule has 64 valence electrons. The van der Waals surface area contributed by atoms with Crippen LogP contribution in [0.25, 0.3) is 0 Å². The molecule has 1 aliphatic rings. The Morgan fingerprint density at radius 1 is 1.42 bits per heavy atom. The van der Waals surface area contributed by atoms with E-state index in [0.717, 1.165) is 18.8 Å². The molecule has 3 nitrogen and oxygen atoms in total. The van der Waals surface area contributed by atoms with E-state index in [1.807, 2.05) is 12.1 Å². The van der Waals surface area contributed by atoms with Crippen LogP contribution in [0.5, 0.6) is 5.75 Å². The van der Waals surface area contributed by atoms with Gasteiger partial charge >= 0.3 is 0 Å². The maximum Gasteiger partial charge on any atom is 0.117 e. The van der Waals surface area contributed by atoms with Crippen molar-refractivity contribution in [2.45, 2.75) is 6.04 Å². The fourth-order valence-corrected chi connectivity index (χ4v) is 1.22. The smallest absolute Gasteiger partial charge is 0.117 e. The summed E-state index contributed by atoms with van der Waals surface area (Å²) in [6.07, 6.45) is 0. The second-order valence-corrected chi connectivity index (χ2v) is 3.05. The summed E-state index contributed by atoms with van der Waals surface area (Å²) < 4.78 is 0. The van der Waals surface area contributed by atoms with Crippen LogP contribution in [0.1, 0.15) is 0 Å². The van der Waals surface area contributed by atoms with Crippen molar-refractivity contribution in [1.82, 2.24) is 5.32 Å². The van der Waals surface area contributed by atoms with Gasteiger partial charge in [0.2, 0.25) is 0 Å². The minimum atomic E-state index is 0.312. The first kappa shape index (κ1) is 7.43. The quantitative estimate of drug-likeness (QED) is 0.605. The molecule has 0 radical (unpaired) electrons. The number of anilines is 1. The summed E-state index contributed by atoms with van der Waals surface area (Å²) in [5, 5.41) is 15.6. The normalized spacial score (nSPS) is 17.0. The van der Waals surface area contributed by atoms with Gasteiger partial charge in [0.1, 0.15) is 5.75 Å². The molecule has 1 saturated heterocycles. The van der Waals surface area contributed by atoms with E-state index in [9.17, 15) is 0 Å². The van der Waals surface area contributed by atoms with Crippen LogP contribution >= 0.6 is 0 Å². The Labute approximate surface area is 71.4 Å². The first-order valence-electron chi connectivity index (χ1n) is 4.11. The van der Waals surface area contributed by atoms with Crippen molar-refractivity contribution in [3.05, 3.63) is 24.3 Å². The molecule has 3 heteroatoms. The van der Waals surface area contributed by atoms with Crippen molar-refractivity contribution in [1.29, 1.82) is 0 Å². The summed E-state index contributed by atoms with van der Waals surface area (Å²) >= 11 is 0. The molecule has 12 heavy (non-hydrogen) atoms. The number of hydrogen-bond donors (Lipinski definition) is 3. The van der Waals surface area contributed by atoms with Crippen LogP contribution in [0.3, 0.4) is 0 Å². The first-order chi connectivity index (χ1) is 5.84. The van der Waals surface area contributed by atoms with Gasteiger partial charge in [-0.25, -0.2) is 0 Å². The minimum Gasteiger partial charge on any atom is -0.508 e. The molecule has 0 atom stereocenters. The highest BCUT2D eigenvalue weighted by Gasteiger charge is 2.15. The predicted molar refractivity (Wildman–Crippen MR) is 48.4 cm³/mol. The lowest BCUT2D eigenvalue weighted by atomic mass is 10.1. The van der Waals surface area contributed by atoms with Crippen LogP contribution in [0.4, 0.5) is 5.69 Å². The standard InChI is InChI=1S/C9H12N2O/c12-9-3-1-2-7(4-9)11-8-5-10-6-8/h1-4,8,10-12H,5-6H2. The van der Waals surface area contributed by atoms with Gasteiger partial charge in [0.15, 0.2) is 0 Å². The van der Waals surface area contributed by atoms with Gasteiger partial charge in [-0.2, -0.15) is 0 Å². The third-order valence-electron chi connectivity index (χ3n) is 2.00. The molecule has 0 aliphatic carbocycles. The predicted octanol–water partition coefficient (Wildman–Crippen LogP) is 0.776. The van der Waals surface area contributed by atoms with Gasteiger partial charge in [0.25, 0.3) is 0 Å². The highest BCUT2D eigenvalue weighted by Crippen LogP contribution is 2.16. The molecule has 0 aromatic heterocycles. The monoisotopic (exact) mass is 164 g/mol. The molecule has 0 unspecified atom stereocenters.